The highest BCUT2D eigenvalue weighted by Gasteiger charge is 2.50. The minimum atomic E-state index is 0.0605. The number of hydrogen-bond donors (Lipinski definition) is 0. The molecule has 0 spiro atoms. The van der Waals surface area contributed by atoms with Crippen LogP contribution in [-0.2, 0) is 4.79 Å². The Bertz CT molecular complexity index is 741. The summed E-state index contributed by atoms with van der Waals surface area (Å²) in [5.41, 5.74) is 2.45. The van der Waals surface area contributed by atoms with Crippen molar-refractivity contribution in [2.75, 3.05) is 33.7 Å². The van der Waals surface area contributed by atoms with Gasteiger partial charge in [0, 0.05) is 52.0 Å². The number of rotatable bonds is 3. The molecule has 3 aliphatic rings. The van der Waals surface area contributed by atoms with E-state index < -0.39 is 0 Å². The molecule has 3 fully saturated rings. The van der Waals surface area contributed by atoms with E-state index in [0.29, 0.717) is 23.7 Å². The smallest absolute Gasteiger partial charge is 0.320 e. The summed E-state index contributed by atoms with van der Waals surface area (Å²) in [4.78, 5) is 31.6. The minimum absolute atomic E-state index is 0.0605. The number of aryl methyl sites for hydroxylation is 1. The number of hydrogen-bond acceptors (Lipinski definition) is 2. The lowest BCUT2D eigenvalue weighted by atomic mass is 9.88. The Hall–Kier alpha value is -2.04. The van der Waals surface area contributed by atoms with Gasteiger partial charge in [-0.3, -0.25) is 4.79 Å². The molecule has 5 heteroatoms. The molecule has 1 saturated carbocycles. The highest BCUT2D eigenvalue weighted by atomic mass is 16.2. The van der Waals surface area contributed by atoms with Gasteiger partial charge in [0.1, 0.15) is 0 Å². The molecule has 1 aromatic rings. The maximum atomic E-state index is 12.9. The molecule has 1 aromatic carbocycles. The monoisotopic (exact) mass is 383 g/mol. The largest absolute Gasteiger partial charge is 0.342 e. The molecule has 0 radical (unpaired) electrons. The Morgan fingerprint density at radius 1 is 1.07 bits per heavy atom. The van der Waals surface area contributed by atoms with Crippen molar-refractivity contribution in [1.29, 1.82) is 0 Å². The first-order valence-electron chi connectivity index (χ1n) is 10.8. The van der Waals surface area contributed by atoms with Gasteiger partial charge < -0.3 is 14.7 Å². The molecule has 2 heterocycles. The van der Waals surface area contributed by atoms with Crippen molar-refractivity contribution in [1.82, 2.24) is 14.7 Å². The number of amides is 3. The Morgan fingerprint density at radius 3 is 2.46 bits per heavy atom. The van der Waals surface area contributed by atoms with Crippen molar-refractivity contribution in [3.8, 4) is 0 Å². The molecule has 2 saturated heterocycles. The molecule has 4 rings (SSSR count). The van der Waals surface area contributed by atoms with Crippen molar-refractivity contribution >= 4 is 11.9 Å². The topological polar surface area (TPSA) is 43.9 Å². The summed E-state index contributed by atoms with van der Waals surface area (Å²) in [5, 5.41) is 0. The standard InChI is InChI=1S/C23H33N3O2/c1-16-8-4-7-11-19(16)22-20-15-25(21(27)12-17-9-5-6-10-17)13-18(20)14-26(22)23(28)24(2)3/h4,7-8,11,17-18,20,22H,5-6,9-10,12-15H2,1-3H3/t18-,20-,22+/m1/s1. The van der Waals surface area contributed by atoms with Crippen molar-refractivity contribution < 1.29 is 9.59 Å². The van der Waals surface area contributed by atoms with Crippen LogP contribution in [0.2, 0.25) is 0 Å². The van der Waals surface area contributed by atoms with Gasteiger partial charge in [0.25, 0.3) is 0 Å². The maximum Gasteiger partial charge on any atom is 0.320 e. The van der Waals surface area contributed by atoms with Crippen LogP contribution in [0.4, 0.5) is 4.79 Å². The summed E-state index contributed by atoms with van der Waals surface area (Å²) in [6.45, 7) is 4.45. The van der Waals surface area contributed by atoms with Crippen molar-refractivity contribution in [2.24, 2.45) is 17.8 Å². The van der Waals surface area contributed by atoms with Gasteiger partial charge in [-0.05, 0) is 36.8 Å². The second kappa shape index (κ2) is 7.76. The van der Waals surface area contributed by atoms with Crippen LogP contribution < -0.4 is 0 Å². The van der Waals surface area contributed by atoms with Gasteiger partial charge in [-0.2, -0.15) is 0 Å². The van der Waals surface area contributed by atoms with E-state index in [4.69, 9.17) is 0 Å². The third-order valence-electron chi connectivity index (χ3n) is 7.09. The van der Waals surface area contributed by atoms with Gasteiger partial charge in [-0.25, -0.2) is 4.79 Å². The van der Waals surface area contributed by atoms with Crippen LogP contribution in [0.25, 0.3) is 0 Å². The average Bonchev–Trinajstić information content (AvgIpc) is 3.37. The second-order valence-corrected chi connectivity index (χ2v) is 9.21. The lowest BCUT2D eigenvalue weighted by Gasteiger charge is -2.32. The van der Waals surface area contributed by atoms with Crippen LogP contribution in [-0.4, -0.2) is 60.4 Å². The van der Waals surface area contributed by atoms with E-state index in [0.717, 1.165) is 26.1 Å². The van der Waals surface area contributed by atoms with Gasteiger partial charge in [0.15, 0.2) is 0 Å². The van der Waals surface area contributed by atoms with Crippen molar-refractivity contribution in [2.45, 2.75) is 45.1 Å². The third-order valence-corrected chi connectivity index (χ3v) is 7.09. The predicted octanol–water partition coefficient (Wildman–Crippen LogP) is 3.69. The number of carbonyl (C=O) groups excluding carboxylic acids is 2. The molecule has 3 amide bonds. The van der Waals surface area contributed by atoms with E-state index >= 15 is 0 Å². The normalized spacial score (nSPS) is 27.3. The Labute approximate surface area is 168 Å². The van der Waals surface area contributed by atoms with E-state index in [-0.39, 0.29) is 12.1 Å². The second-order valence-electron chi connectivity index (χ2n) is 9.21. The number of urea groups is 1. The van der Waals surface area contributed by atoms with Gasteiger partial charge in [0.05, 0.1) is 6.04 Å². The molecule has 0 N–H and O–H groups in total. The zero-order valence-electron chi connectivity index (χ0n) is 17.4. The summed E-state index contributed by atoms with van der Waals surface area (Å²) in [6.07, 6.45) is 5.70. The van der Waals surface area contributed by atoms with Crippen LogP contribution in [0.15, 0.2) is 24.3 Å². The SMILES string of the molecule is Cc1ccccc1[C@H]1[C@@H]2CN(C(=O)CC3CCCC3)C[C@@H]2CN1C(=O)N(C)C. The number of fused-ring (bicyclic) bond motifs is 1. The first kappa shape index (κ1) is 19.3. The molecule has 0 aromatic heterocycles. The molecule has 28 heavy (non-hydrogen) atoms. The molecule has 2 aliphatic heterocycles. The molecule has 5 nitrogen and oxygen atoms in total. The Morgan fingerprint density at radius 2 is 1.79 bits per heavy atom. The zero-order chi connectivity index (χ0) is 19.8. The fraction of sp³-hybridized carbons (Fsp3) is 0.652. The predicted molar refractivity (Wildman–Crippen MR) is 110 cm³/mol. The molecular weight excluding hydrogens is 350 g/mol. The molecular formula is C23H33N3O2. The third kappa shape index (κ3) is 3.51. The quantitative estimate of drug-likeness (QED) is 0.799. The van der Waals surface area contributed by atoms with Gasteiger partial charge in [-0.15, -0.1) is 0 Å². The number of nitrogens with zero attached hydrogens (tertiary/aromatic N) is 3. The van der Waals surface area contributed by atoms with Crippen LogP contribution in [0.5, 0.6) is 0 Å². The summed E-state index contributed by atoms with van der Waals surface area (Å²) >= 11 is 0. The summed E-state index contributed by atoms with van der Waals surface area (Å²) in [6, 6.07) is 8.53. The summed E-state index contributed by atoms with van der Waals surface area (Å²) in [7, 11) is 3.64. The van der Waals surface area contributed by atoms with E-state index in [2.05, 4.69) is 36.1 Å². The zero-order valence-corrected chi connectivity index (χ0v) is 17.4. The van der Waals surface area contributed by atoms with E-state index in [1.165, 1.54) is 36.8 Å². The van der Waals surface area contributed by atoms with E-state index in [1.54, 1.807) is 4.90 Å². The summed E-state index contributed by atoms with van der Waals surface area (Å²) in [5.74, 6) is 1.63. The van der Waals surface area contributed by atoms with Crippen LogP contribution >= 0.6 is 0 Å². The fourth-order valence-electron chi connectivity index (χ4n) is 5.61. The lowest BCUT2D eigenvalue weighted by molar-refractivity contribution is -0.131. The Balaban J connectivity index is 1.54. The van der Waals surface area contributed by atoms with Crippen LogP contribution in [0.1, 0.15) is 49.3 Å². The first-order chi connectivity index (χ1) is 13.5. The maximum absolute atomic E-state index is 12.9. The molecule has 3 atom stereocenters. The average molecular weight is 384 g/mol. The minimum Gasteiger partial charge on any atom is -0.342 e. The fourth-order valence-corrected chi connectivity index (χ4v) is 5.61. The van der Waals surface area contributed by atoms with Crippen LogP contribution in [0.3, 0.4) is 0 Å². The van der Waals surface area contributed by atoms with Crippen molar-refractivity contribution in [3.63, 3.8) is 0 Å². The number of benzene rings is 1. The summed E-state index contributed by atoms with van der Waals surface area (Å²) < 4.78 is 0. The van der Waals surface area contributed by atoms with Gasteiger partial charge >= 0.3 is 6.03 Å². The number of likely N-dealkylation sites (tertiary alicyclic amines) is 2. The van der Waals surface area contributed by atoms with E-state index in [9.17, 15) is 9.59 Å². The van der Waals surface area contributed by atoms with Gasteiger partial charge in [0.2, 0.25) is 5.91 Å². The highest BCUT2D eigenvalue weighted by Crippen LogP contribution is 2.46. The highest BCUT2D eigenvalue weighted by molar-refractivity contribution is 5.78. The molecule has 152 valence electrons. The number of carbonyl (C=O) groups is 2. The van der Waals surface area contributed by atoms with Crippen LogP contribution in [0, 0.1) is 24.7 Å². The first-order valence-corrected chi connectivity index (χ1v) is 10.8. The molecule has 0 unspecified atom stereocenters. The van der Waals surface area contributed by atoms with Gasteiger partial charge in [-0.1, -0.05) is 37.1 Å². The van der Waals surface area contributed by atoms with Crippen molar-refractivity contribution in [3.05, 3.63) is 35.4 Å². The molecule has 1 aliphatic carbocycles. The lowest BCUT2D eigenvalue weighted by Crippen LogP contribution is -2.42. The Kier molecular flexibility index (Phi) is 5.35. The van der Waals surface area contributed by atoms with E-state index in [1.807, 2.05) is 19.0 Å². The molecule has 0 bridgehead atoms.